The van der Waals surface area contributed by atoms with Crippen LogP contribution in [0.1, 0.15) is 148 Å². The van der Waals surface area contributed by atoms with E-state index in [-0.39, 0.29) is 6.03 Å². The molecule has 190 valence electrons. The number of nitrogens with two attached hydrogens (primary N) is 1. The number of nitrogens with zero attached hydrogens (tertiary/aromatic N) is 1. The van der Waals surface area contributed by atoms with Crippen molar-refractivity contribution in [3.8, 4) is 0 Å². The summed E-state index contributed by atoms with van der Waals surface area (Å²) in [6.07, 6.45) is 26.3. The van der Waals surface area contributed by atoms with E-state index in [1.165, 1.54) is 96.3 Å². The molecule has 32 heavy (non-hydrogen) atoms. The lowest BCUT2D eigenvalue weighted by molar-refractivity contribution is -0.137. The van der Waals surface area contributed by atoms with Gasteiger partial charge in [0.05, 0.1) is 0 Å². The molecule has 0 aromatic carbocycles. The Morgan fingerprint density at radius 3 is 1.19 bits per heavy atom. The maximum Gasteiger partial charge on any atom is 0.314 e. The molecule has 0 atom stereocenters. The Labute approximate surface area is 198 Å². The minimum atomic E-state index is -0.686. The molecule has 5 heteroatoms. The van der Waals surface area contributed by atoms with Crippen molar-refractivity contribution in [1.29, 1.82) is 0 Å². The lowest BCUT2D eigenvalue weighted by Crippen LogP contribution is -2.37. The molecule has 0 aliphatic heterocycles. The van der Waals surface area contributed by atoms with E-state index in [4.69, 9.17) is 10.8 Å². The number of rotatable bonds is 25. The maximum absolute atomic E-state index is 11.7. The summed E-state index contributed by atoms with van der Waals surface area (Å²) in [5.41, 5.74) is 5.57. The van der Waals surface area contributed by atoms with Crippen LogP contribution in [-0.2, 0) is 4.79 Å². The predicted molar refractivity (Wildman–Crippen MR) is 136 cm³/mol. The minimum Gasteiger partial charge on any atom is -0.481 e. The Bertz CT molecular complexity index is 429. The summed E-state index contributed by atoms with van der Waals surface area (Å²) in [5, 5.41) is 8.61. The molecule has 5 nitrogen and oxygen atoms in total. The molecule has 0 unspecified atom stereocenters. The highest BCUT2D eigenvalue weighted by atomic mass is 16.4. The largest absolute Gasteiger partial charge is 0.481 e. The second kappa shape index (κ2) is 24.4. The Morgan fingerprint density at radius 2 is 0.875 bits per heavy atom. The van der Waals surface area contributed by atoms with Gasteiger partial charge < -0.3 is 15.7 Å². The standard InChI is InChI=1S/C27H54N2O3/c1-2-3-4-5-6-7-8-9-12-15-18-21-24-29(27(28)32)25-22-19-16-13-10-11-14-17-20-23-26(30)31/h2-25H2,1H3,(H2,28,32)(H,30,31). The van der Waals surface area contributed by atoms with Gasteiger partial charge >= 0.3 is 12.0 Å². The van der Waals surface area contributed by atoms with Gasteiger partial charge in [-0.3, -0.25) is 4.79 Å². The highest BCUT2D eigenvalue weighted by molar-refractivity contribution is 5.71. The van der Waals surface area contributed by atoms with Crippen LogP contribution in [0.2, 0.25) is 0 Å². The van der Waals surface area contributed by atoms with Crippen LogP contribution in [0, 0.1) is 0 Å². The number of primary amides is 1. The summed E-state index contributed by atoms with van der Waals surface area (Å²) in [6, 6.07) is -0.269. The van der Waals surface area contributed by atoms with E-state index >= 15 is 0 Å². The molecule has 0 aromatic rings. The predicted octanol–water partition coefficient (Wildman–Crippen LogP) is 8.05. The quantitative estimate of drug-likeness (QED) is 0.137. The molecule has 0 heterocycles. The molecule has 0 rings (SSSR count). The van der Waals surface area contributed by atoms with Gasteiger partial charge in [-0.05, 0) is 19.3 Å². The zero-order valence-electron chi connectivity index (χ0n) is 21.3. The summed E-state index contributed by atoms with van der Waals surface area (Å²) in [6.45, 7) is 3.87. The first-order valence-corrected chi connectivity index (χ1v) is 13.8. The van der Waals surface area contributed by atoms with Crippen LogP contribution in [0.25, 0.3) is 0 Å². The number of amides is 2. The van der Waals surface area contributed by atoms with Gasteiger partial charge in [0.2, 0.25) is 0 Å². The molecular formula is C27H54N2O3. The van der Waals surface area contributed by atoms with Crippen LogP contribution in [-0.4, -0.2) is 35.1 Å². The summed E-state index contributed by atoms with van der Waals surface area (Å²) < 4.78 is 0. The van der Waals surface area contributed by atoms with Gasteiger partial charge in [-0.25, -0.2) is 4.79 Å². The SMILES string of the molecule is CCCCCCCCCCCCCCN(CCCCCCCCCCCC(=O)O)C(N)=O. The molecular weight excluding hydrogens is 400 g/mol. The van der Waals surface area contributed by atoms with Crippen molar-refractivity contribution < 1.29 is 14.7 Å². The number of carbonyl (C=O) groups excluding carboxylic acids is 1. The van der Waals surface area contributed by atoms with E-state index in [1.807, 2.05) is 4.90 Å². The number of urea groups is 1. The third-order valence-corrected chi connectivity index (χ3v) is 6.41. The highest BCUT2D eigenvalue weighted by Gasteiger charge is 2.08. The van der Waals surface area contributed by atoms with Crippen LogP contribution in [0.15, 0.2) is 0 Å². The average molecular weight is 455 g/mol. The summed E-state index contributed by atoms with van der Waals surface area (Å²) >= 11 is 0. The number of carbonyl (C=O) groups is 2. The van der Waals surface area contributed by atoms with E-state index in [0.29, 0.717) is 6.42 Å². The maximum atomic E-state index is 11.7. The first-order chi connectivity index (χ1) is 15.6. The number of aliphatic carboxylic acids is 1. The number of unbranched alkanes of at least 4 members (excludes halogenated alkanes) is 19. The molecule has 0 aliphatic rings. The normalized spacial score (nSPS) is 11.0. The second-order valence-corrected chi connectivity index (χ2v) is 9.54. The molecule has 0 aromatic heterocycles. The third-order valence-electron chi connectivity index (χ3n) is 6.41. The van der Waals surface area contributed by atoms with Crippen molar-refractivity contribution in [3.05, 3.63) is 0 Å². The Balaban J connectivity index is 3.44. The van der Waals surface area contributed by atoms with Crippen molar-refractivity contribution in [1.82, 2.24) is 4.90 Å². The van der Waals surface area contributed by atoms with Gasteiger partial charge in [-0.2, -0.15) is 0 Å². The summed E-state index contributed by atoms with van der Waals surface area (Å²) in [7, 11) is 0. The smallest absolute Gasteiger partial charge is 0.314 e. The van der Waals surface area contributed by atoms with E-state index in [1.54, 1.807) is 0 Å². The molecule has 0 saturated carbocycles. The van der Waals surface area contributed by atoms with E-state index in [9.17, 15) is 9.59 Å². The fraction of sp³-hybridized carbons (Fsp3) is 0.926. The van der Waals surface area contributed by atoms with Gasteiger partial charge in [0, 0.05) is 19.5 Å². The number of hydrogen-bond acceptors (Lipinski definition) is 2. The van der Waals surface area contributed by atoms with Crippen LogP contribution in [0.3, 0.4) is 0 Å². The van der Waals surface area contributed by atoms with Crippen LogP contribution in [0.4, 0.5) is 4.79 Å². The molecule has 0 fully saturated rings. The molecule has 0 radical (unpaired) electrons. The van der Waals surface area contributed by atoms with Crippen molar-refractivity contribution in [2.45, 2.75) is 148 Å². The van der Waals surface area contributed by atoms with Crippen molar-refractivity contribution in [2.75, 3.05) is 13.1 Å². The zero-order valence-corrected chi connectivity index (χ0v) is 21.3. The second-order valence-electron chi connectivity index (χ2n) is 9.54. The molecule has 0 aliphatic carbocycles. The first kappa shape index (κ1) is 30.7. The third kappa shape index (κ3) is 23.4. The molecule has 0 spiro atoms. The lowest BCUT2D eigenvalue weighted by atomic mass is 10.1. The number of hydrogen-bond donors (Lipinski definition) is 2. The Kier molecular flexibility index (Phi) is 23.4. The number of carboxylic acid groups (broad SMARTS) is 1. The molecule has 0 saturated heterocycles. The topological polar surface area (TPSA) is 83.6 Å². The summed E-state index contributed by atoms with van der Waals surface area (Å²) in [4.78, 5) is 24.0. The Hall–Kier alpha value is -1.26. The van der Waals surface area contributed by atoms with Crippen molar-refractivity contribution in [2.24, 2.45) is 5.73 Å². The van der Waals surface area contributed by atoms with Gasteiger partial charge in [-0.1, -0.05) is 122 Å². The Morgan fingerprint density at radius 1 is 0.562 bits per heavy atom. The van der Waals surface area contributed by atoms with Crippen molar-refractivity contribution >= 4 is 12.0 Å². The zero-order chi connectivity index (χ0) is 23.7. The van der Waals surface area contributed by atoms with Gasteiger partial charge in [0.1, 0.15) is 0 Å². The summed E-state index contributed by atoms with van der Waals surface area (Å²) in [5.74, 6) is -0.686. The van der Waals surface area contributed by atoms with E-state index in [0.717, 1.165) is 51.6 Å². The van der Waals surface area contributed by atoms with Crippen LogP contribution < -0.4 is 5.73 Å². The fourth-order valence-corrected chi connectivity index (χ4v) is 4.29. The minimum absolute atomic E-state index is 0.269. The molecule has 0 bridgehead atoms. The first-order valence-electron chi connectivity index (χ1n) is 13.8. The van der Waals surface area contributed by atoms with Gasteiger partial charge in [-0.15, -0.1) is 0 Å². The molecule has 3 N–H and O–H groups in total. The lowest BCUT2D eigenvalue weighted by Gasteiger charge is -2.20. The number of carboxylic acids is 1. The van der Waals surface area contributed by atoms with Crippen LogP contribution in [0.5, 0.6) is 0 Å². The van der Waals surface area contributed by atoms with Crippen LogP contribution >= 0.6 is 0 Å². The average Bonchev–Trinajstić information content (AvgIpc) is 2.76. The van der Waals surface area contributed by atoms with Gasteiger partial charge in [0.25, 0.3) is 0 Å². The highest BCUT2D eigenvalue weighted by Crippen LogP contribution is 2.13. The van der Waals surface area contributed by atoms with E-state index < -0.39 is 5.97 Å². The molecule has 2 amide bonds. The van der Waals surface area contributed by atoms with E-state index in [2.05, 4.69) is 6.92 Å². The fourth-order valence-electron chi connectivity index (χ4n) is 4.29. The van der Waals surface area contributed by atoms with Crippen molar-refractivity contribution in [3.63, 3.8) is 0 Å². The van der Waals surface area contributed by atoms with Gasteiger partial charge in [0.15, 0.2) is 0 Å². The monoisotopic (exact) mass is 454 g/mol.